The van der Waals surface area contributed by atoms with Crippen LogP contribution < -0.4 is 5.32 Å². The second kappa shape index (κ2) is 6.54. The van der Waals surface area contributed by atoms with Crippen LogP contribution in [0, 0.1) is 5.82 Å². The maximum atomic E-state index is 13.5. The van der Waals surface area contributed by atoms with E-state index in [2.05, 4.69) is 5.32 Å². The monoisotopic (exact) mass is 251 g/mol. The number of carboxylic acids is 1. The van der Waals surface area contributed by atoms with Crippen molar-refractivity contribution in [3.63, 3.8) is 0 Å². The molecule has 1 amide bonds. The molecule has 0 heterocycles. The maximum Gasteiger partial charge on any atom is 0.336 e. The molecule has 0 saturated heterocycles. The molecule has 0 aliphatic heterocycles. The number of hydrogen-bond acceptors (Lipinski definition) is 2. The summed E-state index contributed by atoms with van der Waals surface area (Å²) in [5.41, 5.74) is -0.0291. The van der Waals surface area contributed by atoms with Crippen molar-refractivity contribution in [1.82, 2.24) is 5.32 Å². The van der Waals surface area contributed by atoms with E-state index in [4.69, 9.17) is 5.11 Å². The van der Waals surface area contributed by atoms with Crippen molar-refractivity contribution in [2.24, 2.45) is 0 Å². The van der Waals surface area contributed by atoms with Crippen LogP contribution in [0.25, 0.3) is 6.08 Å². The van der Waals surface area contributed by atoms with E-state index in [9.17, 15) is 14.0 Å². The summed E-state index contributed by atoms with van der Waals surface area (Å²) in [4.78, 5) is 21.5. The molecule has 0 saturated carbocycles. The number of carboxylic acid groups (broad SMARTS) is 1. The topological polar surface area (TPSA) is 66.4 Å². The minimum atomic E-state index is -1.17. The standard InChI is InChI=1S/C13H14FNO3/c1-9(16)15-8-3-2-5-10-11(13(17)18)6-4-7-12(10)14/h2,4-7H,3,8H2,1H3,(H,15,16)(H,17,18). The zero-order valence-corrected chi connectivity index (χ0v) is 9.94. The van der Waals surface area contributed by atoms with Crippen LogP contribution in [0.1, 0.15) is 29.3 Å². The predicted molar refractivity (Wildman–Crippen MR) is 65.7 cm³/mol. The lowest BCUT2D eigenvalue weighted by Gasteiger charge is -2.02. The lowest BCUT2D eigenvalue weighted by atomic mass is 10.1. The average molecular weight is 251 g/mol. The van der Waals surface area contributed by atoms with Crippen molar-refractivity contribution in [2.75, 3.05) is 6.54 Å². The SMILES string of the molecule is CC(=O)NCCC=Cc1c(F)cccc1C(=O)O. The summed E-state index contributed by atoms with van der Waals surface area (Å²) in [6.07, 6.45) is 3.55. The Kier molecular flexibility index (Phi) is 5.05. The molecule has 1 rings (SSSR count). The molecule has 0 aliphatic carbocycles. The highest BCUT2D eigenvalue weighted by atomic mass is 19.1. The van der Waals surface area contributed by atoms with Gasteiger partial charge in [0.1, 0.15) is 5.82 Å². The van der Waals surface area contributed by atoms with Gasteiger partial charge in [-0.25, -0.2) is 9.18 Å². The van der Waals surface area contributed by atoms with Crippen LogP contribution in [0.15, 0.2) is 24.3 Å². The third kappa shape index (κ3) is 4.01. The number of benzene rings is 1. The van der Waals surface area contributed by atoms with Gasteiger partial charge in [0.05, 0.1) is 5.56 Å². The fraction of sp³-hybridized carbons (Fsp3) is 0.231. The summed E-state index contributed by atoms with van der Waals surface area (Å²) in [6.45, 7) is 1.84. The number of amides is 1. The Bertz CT molecular complexity index is 483. The fourth-order valence-electron chi connectivity index (χ4n) is 1.43. The summed E-state index contributed by atoms with van der Waals surface area (Å²) in [6, 6.07) is 3.91. The first-order valence-corrected chi connectivity index (χ1v) is 5.45. The summed E-state index contributed by atoms with van der Waals surface area (Å²) >= 11 is 0. The maximum absolute atomic E-state index is 13.5. The van der Waals surface area contributed by atoms with Gasteiger partial charge >= 0.3 is 5.97 Å². The molecule has 0 atom stereocenters. The Morgan fingerprint density at radius 3 is 2.78 bits per heavy atom. The Hall–Kier alpha value is -2.17. The highest BCUT2D eigenvalue weighted by Crippen LogP contribution is 2.15. The molecule has 1 aromatic carbocycles. The number of carbonyl (C=O) groups excluding carboxylic acids is 1. The predicted octanol–water partition coefficient (Wildman–Crippen LogP) is 2.06. The molecule has 0 aromatic heterocycles. The molecule has 0 unspecified atom stereocenters. The molecule has 0 radical (unpaired) electrons. The first-order chi connectivity index (χ1) is 8.52. The molecule has 0 bridgehead atoms. The largest absolute Gasteiger partial charge is 0.478 e. The Labute approximate surface area is 104 Å². The van der Waals surface area contributed by atoms with E-state index in [0.29, 0.717) is 13.0 Å². The third-order valence-electron chi connectivity index (χ3n) is 2.25. The van der Waals surface area contributed by atoms with Gasteiger partial charge in [-0.2, -0.15) is 0 Å². The van der Waals surface area contributed by atoms with E-state index in [0.717, 1.165) is 0 Å². The van der Waals surface area contributed by atoms with Crippen LogP contribution in [0.3, 0.4) is 0 Å². The molecule has 4 nitrogen and oxygen atoms in total. The average Bonchev–Trinajstić information content (AvgIpc) is 2.29. The van der Waals surface area contributed by atoms with Crippen LogP contribution in [0.4, 0.5) is 4.39 Å². The molecule has 5 heteroatoms. The number of carbonyl (C=O) groups is 2. The van der Waals surface area contributed by atoms with Crippen LogP contribution in [-0.4, -0.2) is 23.5 Å². The van der Waals surface area contributed by atoms with Gasteiger partial charge in [0.2, 0.25) is 5.91 Å². The summed E-state index contributed by atoms with van der Waals surface area (Å²) in [5.74, 6) is -1.89. The number of rotatable bonds is 5. The Morgan fingerprint density at radius 1 is 1.44 bits per heavy atom. The molecule has 18 heavy (non-hydrogen) atoms. The van der Waals surface area contributed by atoms with E-state index in [-0.39, 0.29) is 17.0 Å². The molecule has 0 aliphatic rings. The number of aromatic carboxylic acids is 1. The quantitative estimate of drug-likeness (QED) is 0.787. The highest BCUT2D eigenvalue weighted by molar-refractivity contribution is 5.92. The first-order valence-electron chi connectivity index (χ1n) is 5.45. The fourth-order valence-corrected chi connectivity index (χ4v) is 1.43. The van der Waals surface area contributed by atoms with E-state index < -0.39 is 11.8 Å². The van der Waals surface area contributed by atoms with Crippen molar-refractivity contribution < 1.29 is 19.1 Å². The molecule has 0 fully saturated rings. The zero-order chi connectivity index (χ0) is 13.5. The van der Waals surface area contributed by atoms with Crippen molar-refractivity contribution >= 4 is 18.0 Å². The first kappa shape index (κ1) is 13.9. The van der Waals surface area contributed by atoms with Crippen molar-refractivity contribution in [3.8, 4) is 0 Å². The zero-order valence-electron chi connectivity index (χ0n) is 9.94. The second-order valence-electron chi connectivity index (χ2n) is 3.68. The van der Waals surface area contributed by atoms with Crippen molar-refractivity contribution in [1.29, 1.82) is 0 Å². The highest BCUT2D eigenvalue weighted by Gasteiger charge is 2.10. The Balaban J connectivity index is 2.74. The van der Waals surface area contributed by atoms with Gasteiger partial charge < -0.3 is 10.4 Å². The molecule has 1 aromatic rings. The van der Waals surface area contributed by atoms with Crippen LogP contribution >= 0.6 is 0 Å². The minimum absolute atomic E-state index is 0.0489. The number of nitrogens with one attached hydrogen (secondary N) is 1. The Morgan fingerprint density at radius 2 is 2.17 bits per heavy atom. The van der Waals surface area contributed by atoms with Crippen LogP contribution in [0.2, 0.25) is 0 Å². The smallest absolute Gasteiger partial charge is 0.336 e. The number of hydrogen-bond donors (Lipinski definition) is 2. The van der Waals surface area contributed by atoms with Gasteiger partial charge in [-0.15, -0.1) is 0 Å². The summed E-state index contributed by atoms with van der Waals surface area (Å²) in [5, 5.41) is 11.5. The lowest BCUT2D eigenvalue weighted by molar-refractivity contribution is -0.118. The summed E-state index contributed by atoms with van der Waals surface area (Å²) in [7, 11) is 0. The van der Waals surface area contributed by atoms with E-state index >= 15 is 0 Å². The van der Waals surface area contributed by atoms with Gasteiger partial charge in [-0.3, -0.25) is 4.79 Å². The molecule has 96 valence electrons. The van der Waals surface area contributed by atoms with Crippen LogP contribution in [0.5, 0.6) is 0 Å². The number of halogens is 1. The van der Waals surface area contributed by atoms with E-state index in [1.54, 1.807) is 6.08 Å². The molecular formula is C13H14FNO3. The summed E-state index contributed by atoms with van der Waals surface area (Å²) < 4.78 is 13.5. The van der Waals surface area contributed by atoms with Crippen molar-refractivity contribution in [2.45, 2.75) is 13.3 Å². The lowest BCUT2D eigenvalue weighted by Crippen LogP contribution is -2.20. The van der Waals surface area contributed by atoms with Gasteiger partial charge in [0.15, 0.2) is 0 Å². The normalized spacial score (nSPS) is 10.6. The molecular weight excluding hydrogens is 237 g/mol. The molecule has 2 N–H and O–H groups in total. The van der Waals surface area contributed by atoms with Gasteiger partial charge in [0, 0.05) is 19.0 Å². The second-order valence-corrected chi connectivity index (χ2v) is 3.68. The van der Waals surface area contributed by atoms with Gasteiger partial charge in [0.25, 0.3) is 0 Å². The molecule has 0 spiro atoms. The van der Waals surface area contributed by atoms with E-state index in [1.165, 1.54) is 31.2 Å². The third-order valence-corrected chi connectivity index (χ3v) is 2.25. The van der Waals surface area contributed by atoms with Crippen molar-refractivity contribution in [3.05, 3.63) is 41.2 Å². The van der Waals surface area contributed by atoms with E-state index in [1.807, 2.05) is 0 Å². The van der Waals surface area contributed by atoms with Crippen LogP contribution in [-0.2, 0) is 4.79 Å². The van der Waals surface area contributed by atoms with Gasteiger partial charge in [-0.1, -0.05) is 18.2 Å². The minimum Gasteiger partial charge on any atom is -0.478 e. The van der Waals surface area contributed by atoms with Gasteiger partial charge in [-0.05, 0) is 18.6 Å².